The predicted molar refractivity (Wildman–Crippen MR) is 132 cm³/mol. The molecule has 170 valence electrons. The van der Waals surface area contributed by atoms with E-state index in [-0.39, 0.29) is 18.0 Å². The summed E-state index contributed by atoms with van der Waals surface area (Å²) in [4.78, 5) is 13.0. The normalized spacial score (nSPS) is 13.0. The first-order chi connectivity index (χ1) is 15.2. The van der Waals surface area contributed by atoms with Gasteiger partial charge in [-0.2, -0.15) is 0 Å². The van der Waals surface area contributed by atoms with Crippen LogP contribution in [-0.2, 0) is 11.3 Å². The van der Waals surface area contributed by atoms with Crippen LogP contribution in [0.1, 0.15) is 95.2 Å². The minimum atomic E-state index is -0.157. The quantitative estimate of drug-likeness (QED) is 0.288. The fraction of sp³-hybridized carbons (Fsp3) is 0.536. The third kappa shape index (κ3) is 10.6. The molecule has 0 bridgehead atoms. The van der Waals surface area contributed by atoms with Gasteiger partial charge in [0.15, 0.2) is 0 Å². The van der Waals surface area contributed by atoms with Gasteiger partial charge in [0, 0.05) is 6.54 Å². The Hall–Kier alpha value is -2.13. The van der Waals surface area contributed by atoms with E-state index in [1.54, 1.807) is 0 Å². The molecular formula is C28H42N2O. The van der Waals surface area contributed by atoms with Gasteiger partial charge >= 0.3 is 0 Å². The summed E-state index contributed by atoms with van der Waals surface area (Å²) in [5.74, 6) is 0.104. The third-order valence-electron chi connectivity index (χ3n) is 5.97. The van der Waals surface area contributed by atoms with Gasteiger partial charge in [0.25, 0.3) is 0 Å². The molecule has 0 radical (unpaired) electrons. The zero-order valence-electron chi connectivity index (χ0n) is 19.6. The van der Waals surface area contributed by atoms with Crippen LogP contribution in [0.5, 0.6) is 0 Å². The number of unbranched alkanes of at least 4 members (excludes halogenated alkanes) is 8. The molecule has 0 saturated carbocycles. The molecule has 2 rings (SSSR count). The molecule has 0 aliphatic rings. The van der Waals surface area contributed by atoms with E-state index in [4.69, 9.17) is 0 Å². The Morgan fingerprint density at radius 2 is 1.32 bits per heavy atom. The van der Waals surface area contributed by atoms with Crippen LogP contribution >= 0.6 is 0 Å². The highest BCUT2D eigenvalue weighted by atomic mass is 16.2. The molecule has 3 nitrogen and oxygen atoms in total. The van der Waals surface area contributed by atoms with Gasteiger partial charge in [-0.25, -0.2) is 0 Å². The summed E-state index contributed by atoms with van der Waals surface area (Å²) in [5.41, 5.74) is 2.35. The molecule has 0 spiro atoms. The van der Waals surface area contributed by atoms with Crippen LogP contribution in [0.2, 0.25) is 0 Å². The Morgan fingerprint density at radius 1 is 0.774 bits per heavy atom. The Morgan fingerprint density at radius 3 is 1.94 bits per heavy atom. The number of hydrogen-bond donors (Lipinski definition) is 2. The second kappa shape index (κ2) is 15.6. The first-order valence-corrected chi connectivity index (χ1v) is 12.3. The second-order valence-corrected chi connectivity index (χ2v) is 8.68. The van der Waals surface area contributed by atoms with Gasteiger partial charge in [-0.3, -0.25) is 4.79 Å². The van der Waals surface area contributed by atoms with E-state index >= 15 is 0 Å². The number of benzene rings is 2. The summed E-state index contributed by atoms with van der Waals surface area (Å²) in [7, 11) is 0. The van der Waals surface area contributed by atoms with Crippen LogP contribution in [-0.4, -0.2) is 11.9 Å². The molecule has 3 heteroatoms. The zero-order chi connectivity index (χ0) is 22.2. The minimum Gasteiger partial charge on any atom is -0.348 e. The highest BCUT2D eigenvalue weighted by Crippen LogP contribution is 2.14. The van der Waals surface area contributed by atoms with Crippen molar-refractivity contribution in [1.29, 1.82) is 0 Å². The molecule has 0 saturated heterocycles. The minimum absolute atomic E-state index is 0.0119. The number of rotatable bonds is 16. The van der Waals surface area contributed by atoms with Crippen molar-refractivity contribution in [3.05, 3.63) is 71.8 Å². The van der Waals surface area contributed by atoms with Crippen LogP contribution in [0, 0.1) is 0 Å². The standard InChI is InChI=1S/C28H42N2O/c1-3-4-5-6-7-8-9-10-17-22-27(29-23-25-18-13-11-14-19-25)28(31)30-24(2)26-20-15-12-16-21-26/h11-16,18-21,24,27,29H,3-10,17,22-23H2,1-2H3,(H,30,31)/t24-,27+/m0/s1. The van der Waals surface area contributed by atoms with Crippen molar-refractivity contribution in [3.8, 4) is 0 Å². The number of hydrogen-bond acceptors (Lipinski definition) is 2. The lowest BCUT2D eigenvalue weighted by atomic mass is 10.0. The maximum Gasteiger partial charge on any atom is 0.237 e. The zero-order valence-corrected chi connectivity index (χ0v) is 19.6. The molecule has 2 aromatic carbocycles. The predicted octanol–water partition coefficient (Wildman–Crippen LogP) is 6.94. The number of carbonyl (C=O) groups excluding carboxylic acids is 1. The summed E-state index contributed by atoms with van der Waals surface area (Å²) in [6, 6.07) is 20.4. The molecule has 2 atom stereocenters. The smallest absolute Gasteiger partial charge is 0.237 e. The van der Waals surface area contributed by atoms with E-state index in [0.29, 0.717) is 0 Å². The molecule has 1 amide bonds. The number of amides is 1. The molecule has 2 aromatic rings. The van der Waals surface area contributed by atoms with Gasteiger partial charge in [-0.15, -0.1) is 0 Å². The molecule has 0 unspecified atom stereocenters. The van der Waals surface area contributed by atoms with Gasteiger partial charge in [-0.05, 0) is 24.5 Å². The van der Waals surface area contributed by atoms with E-state index in [1.165, 1.54) is 56.9 Å². The van der Waals surface area contributed by atoms with Crippen LogP contribution in [0.3, 0.4) is 0 Å². The Bertz CT molecular complexity index is 701. The second-order valence-electron chi connectivity index (χ2n) is 8.68. The van der Waals surface area contributed by atoms with E-state index in [1.807, 2.05) is 36.4 Å². The van der Waals surface area contributed by atoms with Crippen molar-refractivity contribution in [2.75, 3.05) is 0 Å². The van der Waals surface area contributed by atoms with Gasteiger partial charge in [0.2, 0.25) is 5.91 Å². The largest absolute Gasteiger partial charge is 0.348 e. The maximum absolute atomic E-state index is 13.0. The first kappa shape index (κ1) is 25.1. The first-order valence-electron chi connectivity index (χ1n) is 12.3. The van der Waals surface area contributed by atoms with Crippen LogP contribution in [0.15, 0.2) is 60.7 Å². The monoisotopic (exact) mass is 422 g/mol. The fourth-order valence-electron chi connectivity index (χ4n) is 3.96. The van der Waals surface area contributed by atoms with Crippen molar-refractivity contribution < 1.29 is 4.79 Å². The molecule has 31 heavy (non-hydrogen) atoms. The lowest BCUT2D eigenvalue weighted by molar-refractivity contribution is -0.124. The topological polar surface area (TPSA) is 41.1 Å². The van der Waals surface area contributed by atoms with Crippen molar-refractivity contribution >= 4 is 5.91 Å². The molecular weight excluding hydrogens is 380 g/mol. The van der Waals surface area contributed by atoms with E-state index < -0.39 is 0 Å². The highest BCUT2D eigenvalue weighted by Gasteiger charge is 2.19. The SMILES string of the molecule is CCCCCCCCCCC[C@@H](NCc1ccccc1)C(=O)N[C@@H](C)c1ccccc1. The van der Waals surface area contributed by atoms with Gasteiger partial charge < -0.3 is 10.6 Å². The summed E-state index contributed by atoms with van der Waals surface area (Å²) in [5, 5.41) is 6.72. The average Bonchev–Trinajstić information content (AvgIpc) is 2.81. The maximum atomic E-state index is 13.0. The van der Waals surface area contributed by atoms with Crippen molar-refractivity contribution in [3.63, 3.8) is 0 Å². The van der Waals surface area contributed by atoms with Crippen LogP contribution in [0.25, 0.3) is 0 Å². The van der Waals surface area contributed by atoms with Crippen LogP contribution in [0.4, 0.5) is 0 Å². The molecule has 0 fully saturated rings. The third-order valence-corrected chi connectivity index (χ3v) is 5.97. The Labute approximate surface area is 190 Å². The van der Waals surface area contributed by atoms with Gasteiger partial charge in [-0.1, -0.05) is 125 Å². The molecule has 0 aliphatic heterocycles. The highest BCUT2D eigenvalue weighted by molar-refractivity contribution is 5.82. The van der Waals surface area contributed by atoms with Gasteiger partial charge in [0.1, 0.15) is 0 Å². The number of nitrogens with one attached hydrogen (secondary N) is 2. The summed E-state index contributed by atoms with van der Waals surface area (Å²) in [6.45, 7) is 5.04. The average molecular weight is 423 g/mol. The molecule has 0 aliphatic carbocycles. The molecule has 0 aromatic heterocycles. The van der Waals surface area contributed by atoms with Crippen molar-refractivity contribution in [2.24, 2.45) is 0 Å². The van der Waals surface area contributed by atoms with Crippen molar-refractivity contribution in [1.82, 2.24) is 10.6 Å². The lowest BCUT2D eigenvalue weighted by Gasteiger charge is -2.22. The fourth-order valence-corrected chi connectivity index (χ4v) is 3.96. The van der Waals surface area contributed by atoms with Crippen LogP contribution < -0.4 is 10.6 Å². The van der Waals surface area contributed by atoms with E-state index in [2.05, 4.69) is 48.7 Å². The Kier molecular flexibility index (Phi) is 12.7. The van der Waals surface area contributed by atoms with E-state index in [9.17, 15) is 4.79 Å². The summed E-state index contributed by atoms with van der Waals surface area (Å²) >= 11 is 0. The van der Waals surface area contributed by atoms with E-state index in [0.717, 1.165) is 24.9 Å². The lowest BCUT2D eigenvalue weighted by Crippen LogP contribution is -2.44. The van der Waals surface area contributed by atoms with Crippen molar-refractivity contribution in [2.45, 2.75) is 96.7 Å². The molecule has 0 heterocycles. The van der Waals surface area contributed by atoms with Gasteiger partial charge in [0.05, 0.1) is 12.1 Å². The summed E-state index contributed by atoms with van der Waals surface area (Å²) in [6.07, 6.45) is 12.6. The summed E-state index contributed by atoms with van der Waals surface area (Å²) < 4.78 is 0. The Balaban J connectivity index is 1.79. The molecule has 2 N–H and O–H groups in total. The number of carbonyl (C=O) groups is 1.